The minimum atomic E-state index is -0.123. The van der Waals surface area contributed by atoms with Gasteiger partial charge in [0.2, 0.25) is 5.91 Å². The number of benzene rings is 4. The highest BCUT2D eigenvalue weighted by Crippen LogP contribution is 2.34. The molecule has 0 unspecified atom stereocenters. The molecule has 0 saturated carbocycles. The van der Waals surface area contributed by atoms with Gasteiger partial charge in [-0.25, -0.2) is 0 Å². The number of aryl methyl sites for hydroxylation is 2. The molecular weight excluding hydrogens is 633 g/mol. The number of carbonyl (C=O) groups excluding carboxylic acids is 2. The Morgan fingerprint density at radius 3 is 2.49 bits per heavy atom. The summed E-state index contributed by atoms with van der Waals surface area (Å²) in [5.41, 5.74) is 9.83. The maximum absolute atomic E-state index is 13.2. The second-order valence-electron chi connectivity index (χ2n) is 14.1. The van der Waals surface area contributed by atoms with Gasteiger partial charge in [-0.2, -0.15) is 0 Å². The van der Waals surface area contributed by atoms with E-state index in [0.717, 1.165) is 80.6 Å². The second-order valence-corrected chi connectivity index (χ2v) is 14.1. The molecule has 3 N–H and O–H groups in total. The van der Waals surface area contributed by atoms with E-state index in [2.05, 4.69) is 93.0 Å². The van der Waals surface area contributed by atoms with Crippen LogP contribution in [-0.4, -0.2) is 52.4 Å². The molecule has 3 heterocycles. The summed E-state index contributed by atoms with van der Waals surface area (Å²) in [4.78, 5) is 33.5. The van der Waals surface area contributed by atoms with Crippen molar-refractivity contribution in [3.8, 4) is 0 Å². The maximum Gasteiger partial charge on any atom is 0.255 e. The molecule has 4 aromatic carbocycles. The van der Waals surface area contributed by atoms with Crippen LogP contribution in [0.4, 0.5) is 11.4 Å². The molecule has 8 nitrogen and oxygen atoms in total. The van der Waals surface area contributed by atoms with E-state index >= 15 is 0 Å². The molecule has 6 aromatic rings. The molecule has 0 bridgehead atoms. The third kappa shape index (κ3) is 6.80. The topological polar surface area (TPSA) is 91.3 Å². The SMILES string of the molecule is CCn1c2ccccc2c2cc(NC(=O)c3ccc(CN4CC[C@H](C(=O)NCCCNc5c6c(nc7ccccc57)CCCC6)C4)cc3)ccc21. The maximum atomic E-state index is 13.2. The first-order valence-electron chi connectivity index (χ1n) is 18.6. The fourth-order valence-electron chi connectivity index (χ4n) is 8.12. The van der Waals surface area contributed by atoms with Gasteiger partial charge in [-0.05, 0) is 106 Å². The van der Waals surface area contributed by atoms with Gasteiger partial charge < -0.3 is 20.5 Å². The van der Waals surface area contributed by atoms with Gasteiger partial charge in [0.1, 0.15) is 0 Å². The number of likely N-dealkylation sites (tertiary alicyclic amines) is 1. The fraction of sp³-hybridized carbons (Fsp3) is 0.326. The summed E-state index contributed by atoms with van der Waals surface area (Å²) >= 11 is 0. The molecule has 1 saturated heterocycles. The van der Waals surface area contributed by atoms with Gasteiger partial charge in [0, 0.05) is 82.5 Å². The van der Waals surface area contributed by atoms with Gasteiger partial charge in [0.05, 0.1) is 11.4 Å². The molecular formula is C43H46N6O2. The first kappa shape index (κ1) is 33.0. The number of anilines is 2. The third-order valence-corrected chi connectivity index (χ3v) is 10.7. The Kier molecular flexibility index (Phi) is 9.41. The molecule has 8 heteroatoms. The quantitative estimate of drug-likeness (QED) is 0.121. The number of pyridine rings is 1. The van der Waals surface area contributed by atoms with E-state index in [1.807, 2.05) is 30.3 Å². The Morgan fingerprint density at radius 2 is 1.63 bits per heavy atom. The van der Waals surface area contributed by atoms with E-state index < -0.39 is 0 Å². The van der Waals surface area contributed by atoms with Crippen LogP contribution in [0.1, 0.15) is 59.8 Å². The van der Waals surface area contributed by atoms with E-state index in [9.17, 15) is 9.59 Å². The van der Waals surface area contributed by atoms with E-state index in [4.69, 9.17) is 4.98 Å². The second kappa shape index (κ2) is 14.6. The van der Waals surface area contributed by atoms with Crippen LogP contribution in [-0.2, 0) is 30.7 Å². The molecule has 2 aromatic heterocycles. The Labute approximate surface area is 299 Å². The molecule has 1 aliphatic carbocycles. The first-order valence-corrected chi connectivity index (χ1v) is 18.6. The van der Waals surface area contributed by atoms with Crippen LogP contribution >= 0.6 is 0 Å². The number of nitrogens with zero attached hydrogens (tertiary/aromatic N) is 3. The Hall–Kier alpha value is -5.21. The minimum Gasteiger partial charge on any atom is -0.384 e. The van der Waals surface area contributed by atoms with Gasteiger partial charge in [0.25, 0.3) is 5.91 Å². The number of fused-ring (bicyclic) bond motifs is 5. The Balaban J connectivity index is 0.804. The Bertz CT molecular complexity index is 2220. The highest BCUT2D eigenvalue weighted by atomic mass is 16.2. The minimum absolute atomic E-state index is 0.00265. The van der Waals surface area contributed by atoms with Crippen molar-refractivity contribution < 1.29 is 9.59 Å². The summed E-state index contributed by atoms with van der Waals surface area (Å²) in [5, 5.41) is 13.5. The van der Waals surface area contributed by atoms with Crippen molar-refractivity contribution in [3.05, 3.63) is 113 Å². The van der Waals surface area contributed by atoms with Crippen molar-refractivity contribution in [1.29, 1.82) is 0 Å². The summed E-state index contributed by atoms with van der Waals surface area (Å²) in [6.45, 7) is 6.91. The number of rotatable bonds is 11. The van der Waals surface area contributed by atoms with E-state index in [1.54, 1.807) is 0 Å². The predicted molar refractivity (Wildman–Crippen MR) is 207 cm³/mol. The highest BCUT2D eigenvalue weighted by Gasteiger charge is 2.28. The van der Waals surface area contributed by atoms with E-state index in [-0.39, 0.29) is 17.7 Å². The lowest BCUT2D eigenvalue weighted by molar-refractivity contribution is -0.124. The van der Waals surface area contributed by atoms with Crippen LogP contribution in [0, 0.1) is 5.92 Å². The molecule has 2 aliphatic rings. The lowest BCUT2D eigenvalue weighted by Gasteiger charge is -2.21. The number of amides is 2. The van der Waals surface area contributed by atoms with Crippen LogP contribution < -0.4 is 16.0 Å². The normalized spacial score (nSPS) is 16.1. The molecule has 8 rings (SSSR count). The molecule has 51 heavy (non-hydrogen) atoms. The zero-order chi connectivity index (χ0) is 34.7. The van der Waals surface area contributed by atoms with Gasteiger partial charge in [-0.15, -0.1) is 0 Å². The monoisotopic (exact) mass is 678 g/mol. The number of hydrogen-bond acceptors (Lipinski definition) is 5. The van der Waals surface area contributed by atoms with Gasteiger partial charge >= 0.3 is 0 Å². The summed E-state index contributed by atoms with van der Waals surface area (Å²) < 4.78 is 2.31. The van der Waals surface area contributed by atoms with Crippen LogP contribution in [0.15, 0.2) is 91.0 Å². The van der Waals surface area contributed by atoms with E-state index in [1.165, 1.54) is 51.6 Å². The molecule has 1 aliphatic heterocycles. The average Bonchev–Trinajstić information content (AvgIpc) is 3.76. The smallest absolute Gasteiger partial charge is 0.255 e. The van der Waals surface area contributed by atoms with Crippen molar-refractivity contribution in [2.45, 2.75) is 58.5 Å². The number of nitrogens with one attached hydrogen (secondary N) is 3. The van der Waals surface area contributed by atoms with Gasteiger partial charge in [-0.3, -0.25) is 19.5 Å². The molecule has 1 atom stereocenters. The summed E-state index contributed by atoms with van der Waals surface area (Å²) in [5.74, 6) is 0.0262. The number of hydrogen-bond donors (Lipinski definition) is 3. The molecule has 0 spiro atoms. The largest absolute Gasteiger partial charge is 0.384 e. The predicted octanol–water partition coefficient (Wildman–Crippen LogP) is 7.93. The summed E-state index contributed by atoms with van der Waals surface area (Å²) in [6, 6.07) is 30.8. The highest BCUT2D eigenvalue weighted by molar-refractivity contribution is 6.11. The first-order chi connectivity index (χ1) is 25.1. The number of carbonyl (C=O) groups is 2. The van der Waals surface area contributed by atoms with Crippen molar-refractivity contribution in [2.24, 2.45) is 5.92 Å². The standard InChI is InChI=1S/C43H46N6O2/c1-2-49-39-15-8-5-10-33(39)36-26-32(20-21-40(36)49)46-43(51)30-18-16-29(17-19-30)27-48-25-22-31(28-48)42(50)45-24-9-23-44-41-34-11-3-6-13-37(34)47-38-14-7-4-12-35(38)41/h3,5-6,8,10-11,13,15-21,26,31H,2,4,7,9,12,14,22-25,27-28H2,1H3,(H,44,47)(H,45,50)(H,46,51)/t31-/m0/s1. The van der Waals surface area contributed by atoms with Crippen LogP contribution in [0.3, 0.4) is 0 Å². The lowest BCUT2D eigenvalue weighted by atomic mass is 9.92. The lowest BCUT2D eigenvalue weighted by Crippen LogP contribution is -2.33. The van der Waals surface area contributed by atoms with Crippen LogP contribution in [0.5, 0.6) is 0 Å². The molecule has 2 amide bonds. The summed E-state index contributed by atoms with van der Waals surface area (Å²) in [6.07, 6.45) is 6.28. The average molecular weight is 679 g/mol. The van der Waals surface area contributed by atoms with Crippen LogP contribution in [0.25, 0.3) is 32.7 Å². The summed E-state index contributed by atoms with van der Waals surface area (Å²) in [7, 11) is 0. The van der Waals surface area contributed by atoms with Crippen LogP contribution in [0.2, 0.25) is 0 Å². The van der Waals surface area contributed by atoms with Gasteiger partial charge in [0.15, 0.2) is 0 Å². The van der Waals surface area contributed by atoms with Crippen molar-refractivity contribution >= 4 is 55.9 Å². The number of aromatic nitrogens is 2. The van der Waals surface area contributed by atoms with Gasteiger partial charge in [-0.1, -0.05) is 48.5 Å². The zero-order valence-corrected chi connectivity index (χ0v) is 29.4. The molecule has 0 radical (unpaired) electrons. The number of para-hydroxylation sites is 2. The van der Waals surface area contributed by atoms with E-state index in [0.29, 0.717) is 12.1 Å². The molecule has 1 fully saturated rings. The zero-order valence-electron chi connectivity index (χ0n) is 29.4. The fourth-order valence-corrected chi connectivity index (χ4v) is 8.12. The Morgan fingerprint density at radius 1 is 0.843 bits per heavy atom. The van der Waals surface area contributed by atoms with Crippen molar-refractivity contribution in [1.82, 2.24) is 19.8 Å². The third-order valence-electron chi connectivity index (χ3n) is 10.7. The van der Waals surface area contributed by atoms with Crippen molar-refractivity contribution in [2.75, 3.05) is 36.8 Å². The van der Waals surface area contributed by atoms with Crippen molar-refractivity contribution in [3.63, 3.8) is 0 Å². The molecule has 260 valence electrons.